The van der Waals surface area contributed by atoms with Gasteiger partial charge in [-0.05, 0) is 23.8 Å². The first-order valence-electron chi connectivity index (χ1n) is 7.65. The molecule has 2 aromatic rings. The van der Waals surface area contributed by atoms with Crippen LogP contribution in [-0.2, 0) is 17.9 Å². The summed E-state index contributed by atoms with van der Waals surface area (Å²) in [5, 5.41) is 17.7. The van der Waals surface area contributed by atoms with Gasteiger partial charge in [-0.15, -0.1) is 0 Å². The SMILES string of the molecule is N#Cc1cncc(COc2ccc(CN3CC(C(=O)O)C3)cc2)c1. The highest BCUT2D eigenvalue weighted by Crippen LogP contribution is 2.20. The van der Waals surface area contributed by atoms with Crippen LogP contribution in [-0.4, -0.2) is 34.0 Å². The summed E-state index contributed by atoms with van der Waals surface area (Å²) in [7, 11) is 0. The van der Waals surface area contributed by atoms with Crippen LogP contribution >= 0.6 is 0 Å². The van der Waals surface area contributed by atoms with Crippen LogP contribution in [0.25, 0.3) is 0 Å². The molecule has 0 amide bonds. The van der Waals surface area contributed by atoms with Gasteiger partial charge in [0.05, 0.1) is 11.5 Å². The molecule has 122 valence electrons. The van der Waals surface area contributed by atoms with Gasteiger partial charge in [-0.2, -0.15) is 5.26 Å². The van der Waals surface area contributed by atoms with E-state index in [0.717, 1.165) is 23.4 Å². The van der Waals surface area contributed by atoms with Crippen LogP contribution in [0.2, 0.25) is 0 Å². The third-order valence-electron chi connectivity index (χ3n) is 3.97. The number of carboxylic acids is 1. The first-order valence-corrected chi connectivity index (χ1v) is 7.65. The van der Waals surface area contributed by atoms with Crippen LogP contribution < -0.4 is 4.74 Å². The Balaban J connectivity index is 1.50. The number of carboxylic acid groups (broad SMARTS) is 1. The molecule has 1 aliphatic rings. The number of carbonyl (C=O) groups is 1. The molecule has 6 nitrogen and oxygen atoms in total. The zero-order valence-corrected chi connectivity index (χ0v) is 13.1. The highest BCUT2D eigenvalue weighted by molar-refractivity contribution is 5.71. The Bertz CT molecular complexity index is 762. The van der Waals surface area contributed by atoms with Gasteiger partial charge in [0.25, 0.3) is 0 Å². The van der Waals surface area contributed by atoms with Crippen LogP contribution in [0.5, 0.6) is 5.75 Å². The first-order chi connectivity index (χ1) is 11.6. The van der Waals surface area contributed by atoms with Crippen LogP contribution in [0.15, 0.2) is 42.7 Å². The molecule has 0 atom stereocenters. The van der Waals surface area contributed by atoms with E-state index in [-0.39, 0.29) is 5.92 Å². The van der Waals surface area contributed by atoms with Gasteiger partial charge in [-0.1, -0.05) is 12.1 Å². The number of pyridine rings is 1. The number of nitriles is 1. The summed E-state index contributed by atoms with van der Waals surface area (Å²) in [6.45, 7) is 2.32. The Morgan fingerprint density at radius 1 is 1.29 bits per heavy atom. The second-order valence-corrected chi connectivity index (χ2v) is 5.86. The molecule has 0 bridgehead atoms. The molecule has 2 heterocycles. The number of ether oxygens (including phenoxy) is 1. The standard InChI is InChI=1S/C18H17N3O3/c19-6-14-5-15(8-20-7-14)12-24-17-3-1-13(2-4-17)9-21-10-16(11-21)18(22)23/h1-5,7-8,16H,9-12H2,(H,22,23). The maximum Gasteiger partial charge on any atom is 0.309 e. The van der Waals surface area contributed by atoms with Crippen molar-refractivity contribution in [2.75, 3.05) is 13.1 Å². The quantitative estimate of drug-likeness (QED) is 0.875. The lowest BCUT2D eigenvalue weighted by atomic mass is 10.00. The summed E-state index contributed by atoms with van der Waals surface area (Å²) < 4.78 is 5.70. The van der Waals surface area contributed by atoms with Crippen LogP contribution in [0.1, 0.15) is 16.7 Å². The Morgan fingerprint density at radius 3 is 2.71 bits per heavy atom. The average Bonchev–Trinajstić information content (AvgIpc) is 2.56. The van der Waals surface area contributed by atoms with Crippen molar-refractivity contribution in [1.82, 2.24) is 9.88 Å². The fourth-order valence-corrected chi connectivity index (χ4v) is 2.60. The number of likely N-dealkylation sites (tertiary alicyclic amines) is 1. The molecule has 24 heavy (non-hydrogen) atoms. The molecular weight excluding hydrogens is 306 g/mol. The summed E-state index contributed by atoms with van der Waals surface area (Å²) in [6.07, 6.45) is 3.20. The molecule has 1 aromatic carbocycles. The number of aromatic nitrogens is 1. The van der Waals surface area contributed by atoms with Gasteiger partial charge in [0, 0.05) is 37.6 Å². The van der Waals surface area contributed by atoms with Crippen molar-refractivity contribution < 1.29 is 14.6 Å². The third-order valence-corrected chi connectivity index (χ3v) is 3.97. The summed E-state index contributed by atoms with van der Waals surface area (Å²) in [6, 6.07) is 11.6. The second-order valence-electron chi connectivity index (χ2n) is 5.86. The molecular formula is C18H17N3O3. The number of hydrogen-bond donors (Lipinski definition) is 1. The topological polar surface area (TPSA) is 86.5 Å². The van der Waals surface area contributed by atoms with Crippen LogP contribution in [0, 0.1) is 17.2 Å². The van der Waals surface area contributed by atoms with Gasteiger partial charge in [0.2, 0.25) is 0 Å². The van der Waals surface area contributed by atoms with Crippen molar-refractivity contribution in [3.8, 4) is 11.8 Å². The minimum Gasteiger partial charge on any atom is -0.489 e. The molecule has 1 aromatic heterocycles. The zero-order chi connectivity index (χ0) is 16.9. The number of hydrogen-bond acceptors (Lipinski definition) is 5. The predicted octanol–water partition coefficient (Wildman–Crippen LogP) is 2.05. The maximum atomic E-state index is 10.8. The fraction of sp³-hybridized carbons (Fsp3) is 0.278. The molecule has 0 spiro atoms. The molecule has 1 aliphatic heterocycles. The monoisotopic (exact) mass is 323 g/mol. The molecule has 3 rings (SSSR count). The van der Waals surface area contributed by atoms with Gasteiger partial charge in [0.15, 0.2) is 0 Å². The number of rotatable bonds is 6. The van der Waals surface area contributed by atoms with E-state index in [1.165, 1.54) is 6.20 Å². The van der Waals surface area contributed by atoms with E-state index in [1.807, 2.05) is 24.3 Å². The van der Waals surface area contributed by atoms with Crippen molar-refractivity contribution in [3.63, 3.8) is 0 Å². The Labute approximate surface area is 139 Å². The Morgan fingerprint density at radius 2 is 2.04 bits per heavy atom. The molecule has 0 saturated carbocycles. The van der Waals surface area contributed by atoms with Crippen LogP contribution in [0.4, 0.5) is 0 Å². The van der Waals surface area contributed by atoms with Crippen molar-refractivity contribution in [1.29, 1.82) is 5.26 Å². The highest BCUT2D eigenvalue weighted by Gasteiger charge is 2.31. The molecule has 0 radical (unpaired) electrons. The molecule has 1 fully saturated rings. The van der Waals surface area contributed by atoms with Crippen molar-refractivity contribution >= 4 is 5.97 Å². The number of nitrogens with zero attached hydrogens (tertiary/aromatic N) is 3. The van der Waals surface area contributed by atoms with E-state index in [0.29, 0.717) is 25.3 Å². The minimum atomic E-state index is -0.718. The fourth-order valence-electron chi connectivity index (χ4n) is 2.60. The van der Waals surface area contributed by atoms with Gasteiger partial charge < -0.3 is 9.84 Å². The van der Waals surface area contributed by atoms with Gasteiger partial charge in [-0.3, -0.25) is 14.7 Å². The van der Waals surface area contributed by atoms with Crippen molar-refractivity contribution in [3.05, 3.63) is 59.4 Å². The number of benzene rings is 1. The average molecular weight is 323 g/mol. The predicted molar refractivity (Wildman–Crippen MR) is 86.1 cm³/mol. The lowest BCUT2D eigenvalue weighted by Gasteiger charge is -2.36. The lowest BCUT2D eigenvalue weighted by Crippen LogP contribution is -2.49. The van der Waals surface area contributed by atoms with E-state index in [9.17, 15) is 4.79 Å². The molecule has 6 heteroatoms. The first kappa shape index (κ1) is 16.0. The normalized spacial score (nSPS) is 14.6. The number of aliphatic carboxylic acids is 1. The van der Waals surface area contributed by atoms with Gasteiger partial charge in [0.1, 0.15) is 18.4 Å². The third kappa shape index (κ3) is 3.89. The minimum absolute atomic E-state index is 0.231. The molecule has 0 unspecified atom stereocenters. The van der Waals surface area contributed by atoms with Gasteiger partial charge in [-0.25, -0.2) is 0 Å². The van der Waals surface area contributed by atoms with Crippen molar-refractivity contribution in [2.45, 2.75) is 13.2 Å². The zero-order valence-electron chi connectivity index (χ0n) is 13.1. The molecule has 0 aliphatic carbocycles. The molecule has 1 N–H and O–H groups in total. The van der Waals surface area contributed by atoms with E-state index < -0.39 is 5.97 Å². The summed E-state index contributed by atoms with van der Waals surface area (Å²) in [5.41, 5.74) is 2.48. The maximum absolute atomic E-state index is 10.8. The lowest BCUT2D eigenvalue weighted by molar-refractivity contribution is -0.147. The highest BCUT2D eigenvalue weighted by atomic mass is 16.5. The Hall–Kier alpha value is -2.91. The summed E-state index contributed by atoms with van der Waals surface area (Å²) in [5.74, 6) is -0.205. The second kappa shape index (κ2) is 7.11. The van der Waals surface area contributed by atoms with E-state index >= 15 is 0 Å². The van der Waals surface area contributed by atoms with E-state index in [1.54, 1.807) is 12.3 Å². The largest absolute Gasteiger partial charge is 0.489 e. The molecule has 1 saturated heterocycles. The van der Waals surface area contributed by atoms with Crippen LogP contribution in [0.3, 0.4) is 0 Å². The van der Waals surface area contributed by atoms with Gasteiger partial charge >= 0.3 is 5.97 Å². The summed E-state index contributed by atoms with van der Waals surface area (Å²) >= 11 is 0. The Kier molecular flexibility index (Phi) is 4.73. The van der Waals surface area contributed by atoms with Crippen molar-refractivity contribution in [2.24, 2.45) is 5.92 Å². The van der Waals surface area contributed by atoms with E-state index in [2.05, 4.69) is 16.0 Å². The van der Waals surface area contributed by atoms with E-state index in [4.69, 9.17) is 15.1 Å². The smallest absolute Gasteiger partial charge is 0.309 e. The summed E-state index contributed by atoms with van der Waals surface area (Å²) in [4.78, 5) is 16.9.